The highest BCUT2D eigenvalue weighted by atomic mass is 16.2. The van der Waals surface area contributed by atoms with Gasteiger partial charge in [-0.1, -0.05) is 42.5 Å². The summed E-state index contributed by atoms with van der Waals surface area (Å²) in [4.78, 5) is 23.2. The zero-order valence-electron chi connectivity index (χ0n) is 15.7. The molecule has 5 heteroatoms. The van der Waals surface area contributed by atoms with E-state index in [0.717, 1.165) is 24.2 Å². The Morgan fingerprint density at radius 3 is 2.52 bits per heavy atom. The highest BCUT2D eigenvalue weighted by Crippen LogP contribution is 2.18. The molecule has 0 atom stereocenters. The van der Waals surface area contributed by atoms with Crippen molar-refractivity contribution in [2.45, 2.75) is 20.3 Å². The molecule has 27 heavy (non-hydrogen) atoms. The van der Waals surface area contributed by atoms with Crippen LogP contribution < -0.4 is 10.2 Å². The van der Waals surface area contributed by atoms with E-state index in [2.05, 4.69) is 27.4 Å². The minimum absolute atomic E-state index is 0.147. The summed E-state index contributed by atoms with van der Waals surface area (Å²) in [7, 11) is 0. The number of nitrogens with zero attached hydrogens (tertiary/aromatic N) is 3. The van der Waals surface area contributed by atoms with E-state index in [4.69, 9.17) is 0 Å². The van der Waals surface area contributed by atoms with Crippen LogP contribution in [0.25, 0.3) is 0 Å². The van der Waals surface area contributed by atoms with Gasteiger partial charge in [-0.25, -0.2) is 9.97 Å². The first-order valence-electron chi connectivity index (χ1n) is 9.15. The Hall–Kier alpha value is -3.21. The maximum Gasteiger partial charge on any atom is 0.278 e. The summed E-state index contributed by atoms with van der Waals surface area (Å²) in [5, 5.41) is 3.24. The van der Waals surface area contributed by atoms with E-state index in [0.29, 0.717) is 18.1 Å². The number of hydrogen-bond acceptors (Lipinski definition) is 4. The number of hydrogen-bond donors (Lipinski definition) is 1. The Morgan fingerprint density at radius 2 is 1.85 bits per heavy atom. The van der Waals surface area contributed by atoms with E-state index in [1.165, 1.54) is 11.8 Å². The maximum atomic E-state index is 12.8. The normalized spacial score (nSPS) is 10.4. The Labute approximate surface area is 160 Å². The van der Waals surface area contributed by atoms with Crippen LogP contribution in [0.1, 0.15) is 28.5 Å². The van der Waals surface area contributed by atoms with Crippen LogP contribution in [-0.2, 0) is 6.42 Å². The molecule has 0 saturated heterocycles. The van der Waals surface area contributed by atoms with Crippen LogP contribution in [-0.4, -0.2) is 29.0 Å². The lowest BCUT2D eigenvalue weighted by Crippen LogP contribution is -2.31. The second kappa shape index (κ2) is 8.94. The second-order valence-electron chi connectivity index (χ2n) is 6.34. The molecule has 0 bridgehead atoms. The monoisotopic (exact) mass is 360 g/mol. The molecule has 1 N–H and O–H groups in total. The summed E-state index contributed by atoms with van der Waals surface area (Å²) in [5.41, 5.74) is 3.59. The number of anilines is 2. The summed E-state index contributed by atoms with van der Waals surface area (Å²) in [5.74, 6) is 0.521. The molecule has 0 aliphatic rings. The molecule has 3 aromatic rings. The first kappa shape index (κ1) is 18.6. The molecule has 1 aromatic heterocycles. The molecule has 5 nitrogen and oxygen atoms in total. The lowest BCUT2D eigenvalue weighted by molar-refractivity contribution is 0.0983. The highest BCUT2D eigenvalue weighted by molar-refractivity contribution is 6.04. The molecule has 138 valence electrons. The molecule has 3 rings (SSSR count). The first-order valence-corrected chi connectivity index (χ1v) is 9.15. The highest BCUT2D eigenvalue weighted by Gasteiger charge is 2.17. The van der Waals surface area contributed by atoms with Gasteiger partial charge in [0.25, 0.3) is 5.91 Å². The van der Waals surface area contributed by atoms with Gasteiger partial charge >= 0.3 is 0 Å². The van der Waals surface area contributed by atoms with Gasteiger partial charge in [0.15, 0.2) is 0 Å². The van der Waals surface area contributed by atoms with Crippen LogP contribution in [0, 0.1) is 6.92 Å². The fourth-order valence-electron chi connectivity index (χ4n) is 2.89. The van der Waals surface area contributed by atoms with Crippen molar-refractivity contribution in [3.05, 3.63) is 83.8 Å². The van der Waals surface area contributed by atoms with E-state index < -0.39 is 0 Å². The van der Waals surface area contributed by atoms with Crippen molar-refractivity contribution >= 4 is 17.4 Å². The lowest BCUT2D eigenvalue weighted by atomic mass is 10.1. The van der Waals surface area contributed by atoms with Gasteiger partial charge < -0.3 is 10.2 Å². The number of carbonyl (C=O) groups is 1. The third-order valence-electron chi connectivity index (χ3n) is 4.31. The minimum atomic E-state index is -0.147. The van der Waals surface area contributed by atoms with Crippen LogP contribution in [0.2, 0.25) is 0 Å². The van der Waals surface area contributed by atoms with E-state index in [1.807, 2.05) is 56.3 Å². The molecule has 0 spiro atoms. The molecule has 0 unspecified atom stereocenters. The summed E-state index contributed by atoms with van der Waals surface area (Å²) in [6.45, 7) is 5.29. The van der Waals surface area contributed by atoms with E-state index in [9.17, 15) is 4.79 Å². The molecular formula is C22H24N4O. The van der Waals surface area contributed by atoms with Crippen LogP contribution in [0.15, 0.2) is 67.0 Å². The number of aryl methyl sites for hydroxylation is 1. The summed E-state index contributed by atoms with van der Waals surface area (Å²) >= 11 is 0. The minimum Gasteiger partial charge on any atom is -0.368 e. The van der Waals surface area contributed by atoms with Gasteiger partial charge in [-0.3, -0.25) is 4.79 Å². The van der Waals surface area contributed by atoms with Gasteiger partial charge in [0.05, 0.1) is 12.4 Å². The smallest absolute Gasteiger partial charge is 0.278 e. The quantitative estimate of drug-likeness (QED) is 0.689. The van der Waals surface area contributed by atoms with Crippen molar-refractivity contribution in [3.63, 3.8) is 0 Å². The molecule has 1 amide bonds. The maximum absolute atomic E-state index is 12.8. The third kappa shape index (κ3) is 4.91. The lowest BCUT2D eigenvalue weighted by Gasteiger charge is -2.21. The SMILES string of the molecule is CCN(C(=O)c1cnc(NCCc2ccccc2)cn1)c1cccc(C)c1. The van der Waals surface area contributed by atoms with Crippen LogP contribution in [0.4, 0.5) is 11.5 Å². The first-order chi connectivity index (χ1) is 13.2. The van der Waals surface area contributed by atoms with Crippen LogP contribution in [0.3, 0.4) is 0 Å². The summed E-state index contributed by atoms with van der Waals surface area (Å²) in [6.07, 6.45) is 4.05. The van der Waals surface area contributed by atoms with Gasteiger partial charge in [0, 0.05) is 18.8 Å². The number of rotatable bonds is 7. The zero-order chi connectivity index (χ0) is 19.1. The molecule has 0 radical (unpaired) electrons. The van der Waals surface area contributed by atoms with Crippen molar-refractivity contribution in [1.29, 1.82) is 0 Å². The van der Waals surface area contributed by atoms with Gasteiger partial charge in [-0.2, -0.15) is 0 Å². The Bertz CT molecular complexity index is 878. The van der Waals surface area contributed by atoms with Crippen molar-refractivity contribution in [2.75, 3.05) is 23.3 Å². The van der Waals surface area contributed by atoms with Gasteiger partial charge in [-0.05, 0) is 43.5 Å². The molecular weight excluding hydrogens is 336 g/mol. The predicted molar refractivity (Wildman–Crippen MR) is 109 cm³/mol. The Morgan fingerprint density at radius 1 is 1.04 bits per heavy atom. The number of aromatic nitrogens is 2. The average molecular weight is 360 g/mol. The zero-order valence-corrected chi connectivity index (χ0v) is 15.7. The van der Waals surface area contributed by atoms with E-state index >= 15 is 0 Å². The summed E-state index contributed by atoms with van der Waals surface area (Å²) < 4.78 is 0. The van der Waals surface area contributed by atoms with Gasteiger partial charge in [0.2, 0.25) is 0 Å². The fourth-order valence-corrected chi connectivity index (χ4v) is 2.89. The number of amides is 1. The van der Waals surface area contributed by atoms with Crippen LogP contribution >= 0.6 is 0 Å². The predicted octanol–water partition coefficient (Wildman–Crippen LogP) is 4.11. The molecule has 1 heterocycles. The molecule has 0 aliphatic heterocycles. The number of carbonyl (C=O) groups excluding carboxylic acids is 1. The second-order valence-corrected chi connectivity index (χ2v) is 6.34. The molecule has 0 saturated carbocycles. The van der Waals surface area contributed by atoms with Crippen molar-refractivity contribution in [2.24, 2.45) is 0 Å². The van der Waals surface area contributed by atoms with Crippen molar-refractivity contribution < 1.29 is 4.79 Å². The average Bonchev–Trinajstić information content (AvgIpc) is 2.70. The van der Waals surface area contributed by atoms with Crippen LogP contribution in [0.5, 0.6) is 0 Å². The molecule has 2 aromatic carbocycles. The Balaban J connectivity index is 1.62. The standard InChI is InChI=1S/C22H24N4O/c1-3-26(19-11-7-8-17(2)14-19)22(27)20-15-25-21(16-24-20)23-13-12-18-9-5-4-6-10-18/h4-11,14-16H,3,12-13H2,1-2H3,(H,23,25). The number of benzene rings is 2. The van der Waals surface area contributed by atoms with Gasteiger partial charge in [-0.15, -0.1) is 0 Å². The van der Waals surface area contributed by atoms with Gasteiger partial charge in [0.1, 0.15) is 11.5 Å². The molecule has 0 fully saturated rings. The van der Waals surface area contributed by atoms with Crippen molar-refractivity contribution in [1.82, 2.24) is 9.97 Å². The summed E-state index contributed by atoms with van der Waals surface area (Å²) in [6, 6.07) is 18.2. The van der Waals surface area contributed by atoms with E-state index in [-0.39, 0.29) is 5.91 Å². The molecule has 0 aliphatic carbocycles. The Kier molecular flexibility index (Phi) is 6.15. The van der Waals surface area contributed by atoms with Crippen molar-refractivity contribution in [3.8, 4) is 0 Å². The van der Waals surface area contributed by atoms with E-state index in [1.54, 1.807) is 11.1 Å². The third-order valence-corrected chi connectivity index (χ3v) is 4.31. The fraction of sp³-hybridized carbons (Fsp3) is 0.227. The number of nitrogens with one attached hydrogen (secondary N) is 1. The largest absolute Gasteiger partial charge is 0.368 e. The topological polar surface area (TPSA) is 58.1 Å².